The van der Waals surface area contributed by atoms with Crippen molar-refractivity contribution >= 4 is 26.0 Å². The standard InChI is InChI=1S/C15H15BrFNO2S/c1-10-3-5-12(6-4-10)11(2)18-21(19,20)13-7-8-14(16)15(17)9-13/h3-9,11,18H,1-2H3. The van der Waals surface area contributed by atoms with Gasteiger partial charge in [0.05, 0.1) is 9.37 Å². The smallest absolute Gasteiger partial charge is 0.207 e. The summed E-state index contributed by atoms with van der Waals surface area (Å²) in [5.74, 6) is -0.610. The Kier molecular flexibility index (Phi) is 4.81. The fourth-order valence-electron chi connectivity index (χ4n) is 1.87. The topological polar surface area (TPSA) is 46.2 Å². The molecule has 1 atom stereocenters. The molecule has 0 bridgehead atoms. The largest absolute Gasteiger partial charge is 0.241 e. The van der Waals surface area contributed by atoms with Crippen LogP contribution in [0.4, 0.5) is 4.39 Å². The van der Waals surface area contributed by atoms with E-state index in [1.54, 1.807) is 6.92 Å². The number of nitrogens with one attached hydrogen (secondary N) is 1. The monoisotopic (exact) mass is 371 g/mol. The van der Waals surface area contributed by atoms with Crippen LogP contribution in [-0.4, -0.2) is 8.42 Å². The summed E-state index contributed by atoms with van der Waals surface area (Å²) in [6, 6.07) is 10.9. The lowest BCUT2D eigenvalue weighted by Crippen LogP contribution is -2.27. The Bertz CT molecular complexity index is 745. The molecular formula is C15H15BrFNO2S. The summed E-state index contributed by atoms with van der Waals surface area (Å²) in [7, 11) is -3.77. The minimum atomic E-state index is -3.77. The summed E-state index contributed by atoms with van der Waals surface area (Å²) in [6.07, 6.45) is 0. The second-order valence-corrected chi connectivity index (χ2v) is 7.40. The highest BCUT2D eigenvalue weighted by Crippen LogP contribution is 2.21. The van der Waals surface area contributed by atoms with Crippen molar-refractivity contribution in [3.8, 4) is 0 Å². The first kappa shape index (κ1) is 16.1. The van der Waals surface area contributed by atoms with Crippen molar-refractivity contribution < 1.29 is 12.8 Å². The van der Waals surface area contributed by atoms with Gasteiger partial charge in [0.1, 0.15) is 5.82 Å². The van der Waals surface area contributed by atoms with Crippen LogP contribution in [0.1, 0.15) is 24.1 Å². The van der Waals surface area contributed by atoms with Gasteiger partial charge in [0.15, 0.2) is 0 Å². The summed E-state index contributed by atoms with van der Waals surface area (Å²) in [6.45, 7) is 3.71. The predicted molar refractivity (Wildman–Crippen MR) is 84.0 cm³/mol. The van der Waals surface area contributed by atoms with E-state index in [1.165, 1.54) is 12.1 Å². The molecule has 0 spiro atoms. The Hall–Kier alpha value is -1.24. The average Bonchev–Trinajstić information content (AvgIpc) is 2.42. The van der Waals surface area contributed by atoms with Crippen molar-refractivity contribution in [2.45, 2.75) is 24.8 Å². The Balaban J connectivity index is 2.24. The second kappa shape index (κ2) is 6.25. The number of halogens is 2. The van der Waals surface area contributed by atoms with Crippen LogP contribution in [0, 0.1) is 12.7 Å². The van der Waals surface area contributed by atoms with E-state index in [1.807, 2.05) is 31.2 Å². The summed E-state index contributed by atoms with van der Waals surface area (Å²) >= 11 is 3.00. The van der Waals surface area contributed by atoms with Gasteiger partial charge >= 0.3 is 0 Å². The molecule has 0 aliphatic rings. The van der Waals surface area contributed by atoms with Crippen molar-refractivity contribution in [3.05, 3.63) is 63.9 Å². The molecule has 0 heterocycles. The number of hydrogen-bond acceptors (Lipinski definition) is 2. The van der Waals surface area contributed by atoms with Gasteiger partial charge in [-0.15, -0.1) is 0 Å². The van der Waals surface area contributed by atoms with Crippen molar-refractivity contribution in [3.63, 3.8) is 0 Å². The van der Waals surface area contributed by atoms with Crippen LogP contribution >= 0.6 is 15.9 Å². The van der Waals surface area contributed by atoms with Gasteiger partial charge in [0.2, 0.25) is 10.0 Å². The van der Waals surface area contributed by atoms with Gasteiger partial charge in [0, 0.05) is 6.04 Å². The number of aryl methyl sites for hydroxylation is 1. The number of benzene rings is 2. The van der Waals surface area contributed by atoms with Gasteiger partial charge in [-0.3, -0.25) is 0 Å². The van der Waals surface area contributed by atoms with Crippen LogP contribution in [0.5, 0.6) is 0 Å². The third-order valence-electron chi connectivity index (χ3n) is 3.11. The van der Waals surface area contributed by atoms with Crippen molar-refractivity contribution in [1.82, 2.24) is 4.72 Å². The van der Waals surface area contributed by atoms with E-state index in [9.17, 15) is 12.8 Å². The van der Waals surface area contributed by atoms with Gasteiger partial charge in [-0.25, -0.2) is 17.5 Å². The van der Waals surface area contributed by atoms with E-state index >= 15 is 0 Å². The Morgan fingerprint density at radius 1 is 1.14 bits per heavy atom. The van der Waals surface area contributed by atoms with E-state index in [0.29, 0.717) is 0 Å². The van der Waals surface area contributed by atoms with E-state index in [4.69, 9.17) is 0 Å². The number of sulfonamides is 1. The van der Waals surface area contributed by atoms with Crippen molar-refractivity contribution in [1.29, 1.82) is 0 Å². The fourth-order valence-corrected chi connectivity index (χ4v) is 3.36. The second-order valence-electron chi connectivity index (χ2n) is 4.83. The maximum absolute atomic E-state index is 13.5. The highest BCUT2D eigenvalue weighted by molar-refractivity contribution is 9.10. The molecule has 2 rings (SSSR count). The van der Waals surface area contributed by atoms with E-state index < -0.39 is 21.9 Å². The van der Waals surface area contributed by atoms with Crippen LogP contribution in [-0.2, 0) is 10.0 Å². The first-order valence-electron chi connectivity index (χ1n) is 6.33. The van der Waals surface area contributed by atoms with E-state index in [0.717, 1.165) is 17.2 Å². The van der Waals surface area contributed by atoms with E-state index in [2.05, 4.69) is 20.7 Å². The molecule has 21 heavy (non-hydrogen) atoms. The molecule has 6 heteroatoms. The van der Waals surface area contributed by atoms with Gasteiger partial charge in [-0.05, 0) is 53.5 Å². The van der Waals surface area contributed by atoms with Crippen LogP contribution in [0.2, 0.25) is 0 Å². The molecule has 0 saturated heterocycles. The average molecular weight is 372 g/mol. The predicted octanol–water partition coefficient (Wildman–Crippen LogP) is 3.94. The molecule has 1 N–H and O–H groups in total. The first-order valence-corrected chi connectivity index (χ1v) is 8.61. The highest BCUT2D eigenvalue weighted by Gasteiger charge is 2.19. The Morgan fingerprint density at radius 2 is 1.76 bits per heavy atom. The highest BCUT2D eigenvalue weighted by atomic mass is 79.9. The van der Waals surface area contributed by atoms with Gasteiger partial charge in [-0.1, -0.05) is 29.8 Å². The van der Waals surface area contributed by atoms with Gasteiger partial charge in [0.25, 0.3) is 0 Å². The van der Waals surface area contributed by atoms with Crippen LogP contribution in [0.15, 0.2) is 51.8 Å². The molecule has 0 aliphatic heterocycles. The third kappa shape index (κ3) is 3.90. The van der Waals surface area contributed by atoms with Crippen LogP contribution in [0.3, 0.4) is 0 Å². The van der Waals surface area contributed by atoms with Crippen LogP contribution < -0.4 is 4.72 Å². The van der Waals surface area contributed by atoms with E-state index in [-0.39, 0.29) is 9.37 Å². The molecule has 0 aromatic heterocycles. The first-order chi connectivity index (χ1) is 9.79. The lowest BCUT2D eigenvalue weighted by Gasteiger charge is -2.15. The molecule has 0 aliphatic carbocycles. The van der Waals surface area contributed by atoms with Crippen molar-refractivity contribution in [2.75, 3.05) is 0 Å². The molecule has 1 unspecified atom stereocenters. The Morgan fingerprint density at radius 3 is 2.33 bits per heavy atom. The maximum atomic E-state index is 13.5. The molecule has 0 radical (unpaired) electrons. The van der Waals surface area contributed by atoms with Gasteiger partial charge < -0.3 is 0 Å². The summed E-state index contributed by atoms with van der Waals surface area (Å²) in [5, 5.41) is 0. The SMILES string of the molecule is Cc1ccc(C(C)NS(=O)(=O)c2ccc(Br)c(F)c2)cc1. The molecule has 2 aromatic carbocycles. The minimum absolute atomic E-state index is 0.0952. The summed E-state index contributed by atoms with van der Waals surface area (Å²) in [5.41, 5.74) is 1.95. The fraction of sp³-hybridized carbons (Fsp3) is 0.200. The molecule has 0 fully saturated rings. The van der Waals surface area contributed by atoms with Gasteiger partial charge in [-0.2, -0.15) is 0 Å². The molecular weight excluding hydrogens is 357 g/mol. The summed E-state index contributed by atoms with van der Waals surface area (Å²) < 4.78 is 40.8. The maximum Gasteiger partial charge on any atom is 0.241 e. The molecule has 2 aromatic rings. The zero-order valence-corrected chi connectivity index (χ0v) is 14.0. The molecule has 0 amide bonds. The van der Waals surface area contributed by atoms with Crippen LogP contribution in [0.25, 0.3) is 0 Å². The quantitative estimate of drug-likeness (QED) is 0.884. The zero-order chi connectivity index (χ0) is 15.6. The number of rotatable bonds is 4. The Labute approximate surface area is 132 Å². The minimum Gasteiger partial charge on any atom is -0.207 e. The third-order valence-corrected chi connectivity index (χ3v) is 5.29. The molecule has 112 valence electrons. The number of hydrogen-bond donors (Lipinski definition) is 1. The molecule has 3 nitrogen and oxygen atoms in total. The lowest BCUT2D eigenvalue weighted by molar-refractivity contribution is 0.563. The summed E-state index contributed by atoms with van der Waals surface area (Å²) in [4.78, 5) is -0.0952. The lowest BCUT2D eigenvalue weighted by atomic mass is 10.1. The zero-order valence-electron chi connectivity index (χ0n) is 11.6. The normalized spacial score (nSPS) is 13.1. The molecule has 0 saturated carbocycles. The van der Waals surface area contributed by atoms with Crippen molar-refractivity contribution in [2.24, 2.45) is 0 Å².